The van der Waals surface area contributed by atoms with Crippen molar-refractivity contribution in [3.05, 3.63) is 33.5 Å². The van der Waals surface area contributed by atoms with Crippen LogP contribution in [0, 0.1) is 28.4 Å². The lowest BCUT2D eigenvalue weighted by atomic mass is 10.1. The minimum absolute atomic E-state index is 0.132. The molecule has 12 heteroatoms. The third-order valence-electron chi connectivity index (χ3n) is 3.51. The number of thioether (sulfide) groups is 1. The molecule has 1 amide bonds. The molecule has 0 radical (unpaired) electrons. The first kappa shape index (κ1) is 22.4. The Morgan fingerprint density at radius 3 is 2.76 bits per heavy atom. The predicted octanol–water partition coefficient (Wildman–Crippen LogP) is 3.26. The van der Waals surface area contributed by atoms with Gasteiger partial charge in [-0.05, 0) is 6.92 Å². The lowest BCUT2D eigenvalue weighted by Crippen LogP contribution is -2.15. The van der Waals surface area contributed by atoms with Crippen molar-refractivity contribution >= 4 is 39.8 Å². The van der Waals surface area contributed by atoms with Crippen molar-refractivity contribution in [2.75, 3.05) is 38.5 Å². The van der Waals surface area contributed by atoms with Gasteiger partial charge in [0.05, 0.1) is 46.4 Å². The van der Waals surface area contributed by atoms with Gasteiger partial charge < -0.3 is 14.2 Å². The summed E-state index contributed by atoms with van der Waals surface area (Å²) in [6.07, 6.45) is 0. The summed E-state index contributed by atoms with van der Waals surface area (Å²) in [7, 11) is 2.87. The maximum absolute atomic E-state index is 12.7. The lowest BCUT2D eigenvalue weighted by Gasteiger charge is -2.12. The molecule has 0 atom stereocenters. The molecule has 0 unspecified atom stereocenters. The summed E-state index contributed by atoms with van der Waals surface area (Å²) in [6.45, 7) is 2.20. The van der Waals surface area contributed by atoms with Crippen LogP contribution in [0.4, 0.5) is 10.8 Å². The number of nitrogens with zero attached hydrogens (tertiary/aromatic N) is 3. The van der Waals surface area contributed by atoms with Crippen molar-refractivity contribution in [2.45, 2.75) is 11.1 Å². The molecule has 0 fully saturated rings. The number of nitro benzene ring substituents is 1. The van der Waals surface area contributed by atoms with E-state index >= 15 is 0 Å². The van der Waals surface area contributed by atoms with Crippen LogP contribution in [0.2, 0.25) is 0 Å². The van der Waals surface area contributed by atoms with E-state index in [0.717, 1.165) is 10.3 Å². The van der Waals surface area contributed by atoms with Crippen LogP contribution in [0.25, 0.3) is 0 Å². The molecular weight excluding hydrogens is 420 g/mol. The number of benzene rings is 1. The van der Waals surface area contributed by atoms with Crippen LogP contribution in [-0.2, 0) is 4.74 Å². The van der Waals surface area contributed by atoms with Crippen molar-refractivity contribution in [3.8, 4) is 17.6 Å². The van der Waals surface area contributed by atoms with Gasteiger partial charge in [0.25, 0.3) is 11.6 Å². The second kappa shape index (κ2) is 10.6. The Morgan fingerprint density at radius 2 is 2.14 bits per heavy atom. The first-order valence-corrected chi connectivity index (χ1v) is 9.98. The first-order valence-electron chi connectivity index (χ1n) is 8.18. The Morgan fingerprint density at radius 1 is 1.38 bits per heavy atom. The minimum Gasteiger partial charge on any atom is -0.493 e. The number of hydrogen-bond acceptors (Lipinski definition) is 10. The number of rotatable bonds is 10. The van der Waals surface area contributed by atoms with Crippen LogP contribution in [0.3, 0.4) is 0 Å². The SMILES string of the molecule is COCCOc1cc([N+](=O)[O-])c(C(=O)Nc2nc(C)c(SCC#N)s2)cc1OC. The highest BCUT2D eigenvalue weighted by Gasteiger charge is 2.25. The van der Waals surface area contributed by atoms with E-state index in [1.165, 1.54) is 43.4 Å². The zero-order chi connectivity index (χ0) is 21.4. The van der Waals surface area contributed by atoms with Gasteiger partial charge in [0, 0.05) is 13.2 Å². The molecule has 0 aliphatic heterocycles. The highest BCUT2D eigenvalue weighted by molar-refractivity contribution is 8.01. The van der Waals surface area contributed by atoms with Gasteiger partial charge in [-0.25, -0.2) is 4.98 Å². The van der Waals surface area contributed by atoms with Gasteiger partial charge in [-0.3, -0.25) is 20.2 Å². The van der Waals surface area contributed by atoms with Gasteiger partial charge in [0.1, 0.15) is 12.2 Å². The first-order chi connectivity index (χ1) is 13.9. The summed E-state index contributed by atoms with van der Waals surface area (Å²) in [4.78, 5) is 27.7. The van der Waals surface area contributed by atoms with Crippen molar-refractivity contribution < 1.29 is 23.9 Å². The van der Waals surface area contributed by atoms with Crippen LogP contribution in [-0.4, -0.2) is 49.0 Å². The number of ether oxygens (including phenoxy) is 3. The molecule has 0 bridgehead atoms. The molecule has 0 aliphatic rings. The van der Waals surface area contributed by atoms with E-state index in [-0.39, 0.29) is 41.2 Å². The number of hydrogen-bond donors (Lipinski definition) is 1. The third kappa shape index (κ3) is 5.80. The molecule has 0 spiro atoms. The van der Waals surface area contributed by atoms with Crippen LogP contribution >= 0.6 is 23.1 Å². The molecule has 2 rings (SSSR count). The molecule has 1 aromatic heterocycles. The number of amides is 1. The largest absolute Gasteiger partial charge is 0.493 e. The summed E-state index contributed by atoms with van der Waals surface area (Å²) >= 11 is 2.50. The number of nitro groups is 1. The fraction of sp³-hybridized carbons (Fsp3) is 0.353. The van der Waals surface area contributed by atoms with Gasteiger partial charge in [-0.2, -0.15) is 5.26 Å². The maximum Gasteiger partial charge on any atom is 0.286 e. The monoisotopic (exact) mass is 438 g/mol. The molecule has 1 heterocycles. The number of thiazole rings is 1. The second-order valence-corrected chi connectivity index (χ2v) is 7.65. The molecule has 10 nitrogen and oxygen atoms in total. The van der Waals surface area contributed by atoms with Crippen molar-refractivity contribution in [1.29, 1.82) is 5.26 Å². The Hall–Kier alpha value is -2.88. The fourth-order valence-corrected chi connectivity index (χ4v) is 4.02. The molecule has 2 aromatic rings. The normalized spacial score (nSPS) is 10.3. The number of nitrogens with one attached hydrogen (secondary N) is 1. The number of anilines is 1. The van der Waals surface area contributed by atoms with Crippen LogP contribution in [0.5, 0.6) is 11.5 Å². The number of carbonyl (C=O) groups is 1. The average Bonchev–Trinajstić information content (AvgIpc) is 3.04. The molecule has 0 saturated heterocycles. The number of aromatic nitrogens is 1. The van der Waals surface area contributed by atoms with Crippen LogP contribution in [0.1, 0.15) is 16.1 Å². The number of aryl methyl sites for hydroxylation is 1. The Kier molecular flexibility index (Phi) is 8.20. The molecule has 0 saturated carbocycles. The summed E-state index contributed by atoms with van der Waals surface area (Å²) in [5, 5.41) is 23.0. The number of nitriles is 1. The zero-order valence-electron chi connectivity index (χ0n) is 15.9. The van der Waals surface area contributed by atoms with E-state index in [1.807, 2.05) is 6.07 Å². The Labute approximate surface area is 174 Å². The summed E-state index contributed by atoms with van der Waals surface area (Å²) in [5.74, 6) is -0.140. The molecule has 154 valence electrons. The zero-order valence-corrected chi connectivity index (χ0v) is 17.5. The van der Waals surface area contributed by atoms with Gasteiger partial charge in [-0.15, -0.1) is 0 Å². The van der Waals surface area contributed by atoms with E-state index in [1.54, 1.807) is 6.92 Å². The fourth-order valence-electron chi connectivity index (χ4n) is 2.22. The quantitative estimate of drug-likeness (QED) is 0.256. The summed E-state index contributed by atoms with van der Waals surface area (Å²) in [5.41, 5.74) is 0.0487. The van der Waals surface area contributed by atoms with Crippen LogP contribution < -0.4 is 14.8 Å². The highest BCUT2D eigenvalue weighted by Crippen LogP contribution is 2.36. The molecule has 0 aliphatic carbocycles. The van der Waals surface area contributed by atoms with Crippen LogP contribution in [0.15, 0.2) is 16.3 Å². The number of carbonyl (C=O) groups excluding carboxylic acids is 1. The number of methoxy groups -OCH3 is 2. The maximum atomic E-state index is 12.7. The van der Waals surface area contributed by atoms with Crippen molar-refractivity contribution in [3.63, 3.8) is 0 Å². The standard InChI is InChI=1S/C17H18N4O6S2/c1-10-16(28-7-4-18)29-17(19-10)20-15(22)11-8-13(26-3)14(27-6-5-25-2)9-12(11)21(23)24/h8-9H,5-7H2,1-3H3,(H,19,20,22). The van der Waals surface area contributed by atoms with Gasteiger partial charge in [0.2, 0.25) is 0 Å². The molecule has 1 N–H and O–H groups in total. The lowest BCUT2D eigenvalue weighted by molar-refractivity contribution is -0.385. The van der Waals surface area contributed by atoms with E-state index in [4.69, 9.17) is 19.5 Å². The minimum atomic E-state index is -0.705. The van der Waals surface area contributed by atoms with Gasteiger partial charge in [0.15, 0.2) is 16.6 Å². The van der Waals surface area contributed by atoms with E-state index < -0.39 is 16.5 Å². The summed E-state index contributed by atoms with van der Waals surface area (Å²) < 4.78 is 16.3. The van der Waals surface area contributed by atoms with Crippen molar-refractivity contribution in [1.82, 2.24) is 4.98 Å². The molecule has 1 aromatic carbocycles. The topological polar surface area (TPSA) is 137 Å². The molecular formula is C17H18N4O6S2. The molecule has 29 heavy (non-hydrogen) atoms. The van der Waals surface area contributed by atoms with Gasteiger partial charge in [-0.1, -0.05) is 23.1 Å². The van der Waals surface area contributed by atoms with E-state index in [0.29, 0.717) is 5.69 Å². The predicted molar refractivity (Wildman–Crippen MR) is 108 cm³/mol. The average molecular weight is 438 g/mol. The smallest absolute Gasteiger partial charge is 0.286 e. The highest BCUT2D eigenvalue weighted by atomic mass is 32.2. The Bertz CT molecular complexity index is 941. The van der Waals surface area contributed by atoms with Gasteiger partial charge >= 0.3 is 0 Å². The third-order valence-corrected chi connectivity index (χ3v) is 5.81. The second-order valence-electron chi connectivity index (χ2n) is 5.41. The van der Waals surface area contributed by atoms with Crippen molar-refractivity contribution in [2.24, 2.45) is 0 Å². The van der Waals surface area contributed by atoms with E-state index in [2.05, 4.69) is 10.3 Å². The summed E-state index contributed by atoms with van der Waals surface area (Å²) in [6, 6.07) is 4.42. The van der Waals surface area contributed by atoms with E-state index in [9.17, 15) is 14.9 Å². The Balaban J connectivity index is 2.31.